The Hall–Kier alpha value is -2.17. The van der Waals surface area contributed by atoms with Gasteiger partial charge < -0.3 is 5.11 Å². The Morgan fingerprint density at radius 1 is 1.33 bits per heavy atom. The summed E-state index contributed by atoms with van der Waals surface area (Å²) in [5, 5.41) is 15.2. The number of aromatic amines is 1. The highest BCUT2D eigenvalue weighted by Gasteiger charge is 2.05. The molecule has 2 aromatic rings. The van der Waals surface area contributed by atoms with Crippen LogP contribution in [0.4, 0.5) is 4.39 Å². The van der Waals surface area contributed by atoms with Crippen molar-refractivity contribution in [3.8, 4) is 16.9 Å². The fraction of sp³-hybridized carbons (Fsp3) is 0. The molecule has 1 aromatic heterocycles. The van der Waals surface area contributed by atoms with Crippen molar-refractivity contribution in [2.45, 2.75) is 0 Å². The summed E-state index contributed by atoms with van der Waals surface area (Å²) in [5.41, 5.74) is 0.433. The van der Waals surface area contributed by atoms with Crippen LogP contribution in [0.1, 0.15) is 0 Å². The maximum Gasteiger partial charge on any atom is 0.264 e. The molecule has 0 saturated carbocycles. The van der Waals surface area contributed by atoms with Gasteiger partial charge in [-0.1, -0.05) is 0 Å². The summed E-state index contributed by atoms with van der Waals surface area (Å²) in [6.07, 6.45) is 1.38. The minimum absolute atomic E-state index is 0.220. The van der Waals surface area contributed by atoms with E-state index < -0.39 is 5.82 Å². The topological polar surface area (TPSA) is 66.0 Å². The summed E-state index contributed by atoms with van der Waals surface area (Å²) in [6.45, 7) is 0. The molecular formula is C10H7FN2O2. The van der Waals surface area contributed by atoms with E-state index in [4.69, 9.17) is 0 Å². The van der Waals surface area contributed by atoms with Crippen LogP contribution >= 0.6 is 0 Å². The molecule has 5 heteroatoms. The largest absolute Gasteiger partial charge is 0.507 e. The number of halogens is 1. The molecule has 0 amide bonds. The van der Waals surface area contributed by atoms with Crippen LogP contribution in [0, 0.1) is 5.82 Å². The fourth-order valence-corrected chi connectivity index (χ4v) is 1.27. The van der Waals surface area contributed by atoms with Crippen LogP contribution in [0.3, 0.4) is 0 Å². The van der Waals surface area contributed by atoms with Gasteiger partial charge in [0.1, 0.15) is 11.6 Å². The lowest BCUT2D eigenvalue weighted by atomic mass is 10.1. The van der Waals surface area contributed by atoms with E-state index in [2.05, 4.69) is 10.2 Å². The summed E-state index contributed by atoms with van der Waals surface area (Å²) >= 11 is 0. The third kappa shape index (κ3) is 1.85. The van der Waals surface area contributed by atoms with Crippen molar-refractivity contribution >= 4 is 0 Å². The highest BCUT2D eigenvalue weighted by Crippen LogP contribution is 2.27. The van der Waals surface area contributed by atoms with E-state index >= 15 is 0 Å². The Balaban J connectivity index is 2.59. The second kappa shape index (κ2) is 3.53. The maximum absolute atomic E-state index is 12.7. The average Bonchev–Trinajstić information content (AvgIpc) is 2.17. The predicted octanol–water partition coefficient (Wildman–Crippen LogP) is 1.28. The van der Waals surface area contributed by atoms with E-state index in [1.807, 2.05) is 0 Å². The van der Waals surface area contributed by atoms with Gasteiger partial charge in [0.2, 0.25) is 0 Å². The molecule has 0 radical (unpaired) electrons. The number of aromatic nitrogens is 2. The number of H-pyrrole nitrogens is 1. The van der Waals surface area contributed by atoms with Crippen LogP contribution in [0.5, 0.6) is 5.75 Å². The van der Waals surface area contributed by atoms with Crippen molar-refractivity contribution in [2.75, 3.05) is 0 Å². The first-order chi connectivity index (χ1) is 7.16. The molecule has 0 aliphatic heterocycles. The first-order valence-electron chi connectivity index (χ1n) is 4.20. The molecule has 0 atom stereocenters. The molecule has 2 N–H and O–H groups in total. The van der Waals surface area contributed by atoms with Crippen molar-refractivity contribution in [1.82, 2.24) is 10.2 Å². The molecule has 2 rings (SSSR count). The summed E-state index contributed by atoms with van der Waals surface area (Å²) in [5.74, 6) is -0.753. The van der Waals surface area contributed by atoms with E-state index in [1.54, 1.807) is 0 Å². The monoisotopic (exact) mass is 206 g/mol. The molecule has 4 nitrogen and oxygen atoms in total. The van der Waals surface area contributed by atoms with Crippen molar-refractivity contribution in [3.05, 3.63) is 46.6 Å². The minimum Gasteiger partial charge on any atom is -0.507 e. The highest BCUT2D eigenvalue weighted by molar-refractivity contribution is 5.68. The number of nitrogens with zero attached hydrogens (tertiary/aromatic N) is 1. The first kappa shape index (κ1) is 9.39. The molecular weight excluding hydrogens is 199 g/mol. The minimum atomic E-state index is -0.533. The molecule has 0 aliphatic rings. The van der Waals surface area contributed by atoms with Gasteiger partial charge >= 0.3 is 0 Å². The van der Waals surface area contributed by atoms with Crippen molar-refractivity contribution in [3.63, 3.8) is 0 Å². The third-order valence-corrected chi connectivity index (χ3v) is 1.94. The molecule has 0 bridgehead atoms. The van der Waals surface area contributed by atoms with E-state index in [9.17, 15) is 14.3 Å². The lowest BCUT2D eigenvalue weighted by Gasteiger charge is -2.02. The first-order valence-corrected chi connectivity index (χ1v) is 4.20. The van der Waals surface area contributed by atoms with Gasteiger partial charge in [-0.3, -0.25) is 4.79 Å². The lowest BCUT2D eigenvalue weighted by molar-refractivity contribution is 0.471. The average molecular weight is 206 g/mol. The summed E-state index contributed by atoms with van der Waals surface area (Å²) in [4.78, 5) is 11.0. The molecule has 0 spiro atoms. The van der Waals surface area contributed by atoms with Gasteiger partial charge in [0.15, 0.2) is 0 Å². The predicted molar refractivity (Wildman–Crippen MR) is 51.9 cm³/mol. The number of rotatable bonds is 1. The van der Waals surface area contributed by atoms with Gasteiger partial charge in [0.25, 0.3) is 5.56 Å². The zero-order valence-corrected chi connectivity index (χ0v) is 7.57. The molecule has 1 heterocycles. The Morgan fingerprint density at radius 3 is 2.80 bits per heavy atom. The van der Waals surface area contributed by atoms with E-state index in [-0.39, 0.29) is 11.3 Å². The smallest absolute Gasteiger partial charge is 0.264 e. The Labute approximate surface area is 84.0 Å². The molecule has 76 valence electrons. The Bertz CT molecular complexity index is 551. The van der Waals surface area contributed by atoms with Crippen LogP contribution in [0.25, 0.3) is 11.1 Å². The fourth-order valence-electron chi connectivity index (χ4n) is 1.27. The van der Waals surface area contributed by atoms with Gasteiger partial charge in [-0.15, -0.1) is 0 Å². The van der Waals surface area contributed by atoms with Crippen molar-refractivity contribution < 1.29 is 9.50 Å². The molecule has 15 heavy (non-hydrogen) atoms. The van der Waals surface area contributed by atoms with Crippen LogP contribution in [0.15, 0.2) is 35.3 Å². The van der Waals surface area contributed by atoms with Crippen LogP contribution in [-0.4, -0.2) is 15.3 Å². The van der Waals surface area contributed by atoms with Crippen molar-refractivity contribution in [2.24, 2.45) is 0 Å². The summed E-state index contributed by atoms with van der Waals surface area (Å²) in [6, 6.07) is 4.86. The van der Waals surface area contributed by atoms with Gasteiger partial charge in [0, 0.05) is 23.3 Å². The Morgan fingerprint density at radius 2 is 2.13 bits per heavy atom. The maximum atomic E-state index is 12.7. The van der Waals surface area contributed by atoms with Crippen molar-refractivity contribution in [1.29, 1.82) is 0 Å². The normalized spacial score (nSPS) is 10.2. The number of phenols is 1. The number of aromatic hydroxyl groups is 1. The van der Waals surface area contributed by atoms with E-state index in [1.165, 1.54) is 24.4 Å². The molecule has 0 aliphatic carbocycles. The van der Waals surface area contributed by atoms with Gasteiger partial charge in [-0.25, -0.2) is 9.49 Å². The Kier molecular flexibility index (Phi) is 2.21. The van der Waals surface area contributed by atoms with E-state index in [0.29, 0.717) is 11.1 Å². The third-order valence-electron chi connectivity index (χ3n) is 1.94. The number of hydrogen-bond acceptors (Lipinski definition) is 3. The standard InChI is InChI=1S/C10H7FN2O2/c11-7-1-2-8(9(14)4-7)6-3-10(15)13-12-5-6/h1-5,14H,(H,13,15). The summed E-state index contributed by atoms with van der Waals surface area (Å²) in [7, 11) is 0. The van der Waals surface area contributed by atoms with E-state index in [0.717, 1.165) is 6.07 Å². The molecule has 0 fully saturated rings. The molecule has 0 saturated heterocycles. The molecule has 1 aromatic carbocycles. The number of hydrogen-bond donors (Lipinski definition) is 2. The number of phenolic OH excluding ortho intramolecular Hbond substituents is 1. The quantitative estimate of drug-likeness (QED) is 0.738. The number of benzene rings is 1. The number of nitrogens with one attached hydrogen (secondary N) is 1. The van der Waals surface area contributed by atoms with Gasteiger partial charge in [0.05, 0.1) is 6.20 Å². The zero-order valence-electron chi connectivity index (χ0n) is 7.57. The van der Waals surface area contributed by atoms with Crippen LogP contribution in [0.2, 0.25) is 0 Å². The molecule has 0 unspecified atom stereocenters. The van der Waals surface area contributed by atoms with Gasteiger partial charge in [-0.2, -0.15) is 5.10 Å². The van der Waals surface area contributed by atoms with Gasteiger partial charge in [-0.05, 0) is 12.1 Å². The summed E-state index contributed by atoms with van der Waals surface area (Å²) < 4.78 is 12.7. The second-order valence-electron chi connectivity index (χ2n) is 3.00. The lowest BCUT2D eigenvalue weighted by Crippen LogP contribution is -2.05. The van der Waals surface area contributed by atoms with Crippen LogP contribution in [-0.2, 0) is 0 Å². The SMILES string of the molecule is O=c1cc(-c2ccc(F)cc2O)cn[nH]1. The zero-order chi connectivity index (χ0) is 10.8. The van der Waals surface area contributed by atoms with Crippen LogP contribution < -0.4 is 5.56 Å². The second-order valence-corrected chi connectivity index (χ2v) is 3.00. The highest BCUT2D eigenvalue weighted by atomic mass is 19.1.